The molecule has 1 aliphatic rings. The summed E-state index contributed by atoms with van der Waals surface area (Å²) in [5.74, 6) is -1.13. The molecule has 0 spiro atoms. The lowest BCUT2D eigenvalue weighted by Gasteiger charge is -2.26. The van der Waals surface area contributed by atoms with Crippen LogP contribution in [0.2, 0.25) is 0 Å². The number of ether oxygens (including phenoxy) is 2. The van der Waals surface area contributed by atoms with Crippen molar-refractivity contribution in [2.45, 2.75) is 45.8 Å². The van der Waals surface area contributed by atoms with Gasteiger partial charge in [0.2, 0.25) is 0 Å². The number of nitrogens with zero attached hydrogens (tertiary/aromatic N) is 2. The monoisotopic (exact) mass is 312 g/mol. The Labute approximate surface area is 130 Å². The van der Waals surface area contributed by atoms with Crippen LogP contribution in [0, 0.1) is 0 Å². The minimum absolute atomic E-state index is 0.120. The summed E-state index contributed by atoms with van der Waals surface area (Å²) < 4.78 is 10.2. The van der Waals surface area contributed by atoms with Gasteiger partial charge in [0.25, 0.3) is 5.91 Å². The van der Waals surface area contributed by atoms with Crippen LogP contribution < -0.4 is 0 Å². The standard InChI is InChI=1S/C15H24N2O5/c1-7-21-13(19)11-8-10(9-16(5)6)12(18)17(11)14(20)22-15(2,3)4/h9,11H,7-8H2,1-6H3. The highest BCUT2D eigenvalue weighted by Crippen LogP contribution is 2.27. The van der Waals surface area contributed by atoms with Gasteiger partial charge < -0.3 is 14.4 Å². The SMILES string of the molecule is CCOC(=O)C1CC(=CN(C)C)C(=O)N1C(=O)OC(C)(C)C. The van der Waals surface area contributed by atoms with Crippen molar-refractivity contribution in [2.24, 2.45) is 0 Å². The van der Waals surface area contributed by atoms with Crippen LogP contribution in [0.15, 0.2) is 11.8 Å². The average molecular weight is 312 g/mol. The molecule has 0 saturated carbocycles. The van der Waals surface area contributed by atoms with Crippen LogP contribution in [0.5, 0.6) is 0 Å². The molecule has 2 amide bonds. The summed E-state index contributed by atoms with van der Waals surface area (Å²) >= 11 is 0. The lowest BCUT2D eigenvalue weighted by Crippen LogP contribution is -2.46. The van der Waals surface area contributed by atoms with Crippen molar-refractivity contribution in [3.05, 3.63) is 11.8 Å². The largest absolute Gasteiger partial charge is 0.464 e. The first kappa shape index (κ1) is 18.0. The third-order valence-corrected chi connectivity index (χ3v) is 2.78. The fourth-order valence-corrected chi connectivity index (χ4v) is 2.05. The van der Waals surface area contributed by atoms with Gasteiger partial charge in [0.1, 0.15) is 11.6 Å². The summed E-state index contributed by atoms with van der Waals surface area (Å²) in [5.41, 5.74) is -0.390. The van der Waals surface area contributed by atoms with E-state index < -0.39 is 29.6 Å². The lowest BCUT2D eigenvalue weighted by atomic mass is 10.1. The molecule has 1 unspecified atom stereocenters. The minimum atomic E-state index is -0.978. The molecule has 1 rings (SSSR count). The highest BCUT2D eigenvalue weighted by molar-refractivity contribution is 6.08. The molecule has 7 heteroatoms. The maximum atomic E-state index is 12.4. The maximum absolute atomic E-state index is 12.4. The maximum Gasteiger partial charge on any atom is 0.418 e. The number of hydrogen-bond donors (Lipinski definition) is 0. The molecule has 0 N–H and O–H groups in total. The fourth-order valence-electron chi connectivity index (χ4n) is 2.05. The van der Waals surface area contributed by atoms with Gasteiger partial charge in [0.15, 0.2) is 0 Å². The van der Waals surface area contributed by atoms with Crippen molar-refractivity contribution in [1.82, 2.24) is 9.80 Å². The van der Waals surface area contributed by atoms with Crippen molar-refractivity contribution < 1.29 is 23.9 Å². The highest BCUT2D eigenvalue weighted by Gasteiger charge is 2.46. The van der Waals surface area contributed by atoms with Gasteiger partial charge in [0, 0.05) is 32.3 Å². The normalized spacial score (nSPS) is 20.3. The van der Waals surface area contributed by atoms with Crippen LogP contribution >= 0.6 is 0 Å². The molecular weight excluding hydrogens is 288 g/mol. The number of carbonyl (C=O) groups is 3. The molecule has 0 aromatic heterocycles. The van der Waals surface area contributed by atoms with Gasteiger partial charge in [-0.2, -0.15) is 0 Å². The zero-order valence-electron chi connectivity index (χ0n) is 14.0. The molecule has 1 atom stereocenters. The Hall–Kier alpha value is -2.05. The Morgan fingerprint density at radius 1 is 1.36 bits per heavy atom. The first-order chi connectivity index (χ1) is 10.1. The topological polar surface area (TPSA) is 76.2 Å². The van der Waals surface area contributed by atoms with Crippen LogP contribution in [0.4, 0.5) is 4.79 Å². The third-order valence-electron chi connectivity index (χ3n) is 2.78. The predicted octanol–water partition coefficient (Wildman–Crippen LogP) is 1.53. The number of esters is 1. The van der Waals surface area contributed by atoms with Gasteiger partial charge in [-0.05, 0) is 27.7 Å². The summed E-state index contributed by atoms with van der Waals surface area (Å²) in [6.45, 7) is 6.94. The molecule has 0 aromatic carbocycles. The van der Waals surface area contributed by atoms with E-state index in [4.69, 9.17) is 9.47 Å². The summed E-state index contributed by atoms with van der Waals surface area (Å²) in [4.78, 5) is 39.2. The molecule has 7 nitrogen and oxygen atoms in total. The molecule has 1 fully saturated rings. The van der Waals surface area contributed by atoms with Crippen LogP contribution in [0.25, 0.3) is 0 Å². The molecule has 0 radical (unpaired) electrons. The van der Waals surface area contributed by atoms with Crippen molar-refractivity contribution in [1.29, 1.82) is 0 Å². The molecule has 1 heterocycles. The first-order valence-electron chi connectivity index (χ1n) is 7.17. The second kappa shape index (κ2) is 6.81. The van der Waals surface area contributed by atoms with E-state index in [0.29, 0.717) is 5.57 Å². The zero-order valence-corrected chi connectivity index (χ0v) is 14.0. The zero-order chi connectivity index (χ0) is 17.1. The molecule has 0 bridgehead atoms. The van der Waals surface area contributed by atoms with Crippen molar-refractivity contribution in [2.75, 3.05) is 20.7 Å². The molecule has 124 valence electrons. The van der Waals surface area contributed by atoms with Crippen molar-refractivity contribution in [3.8, 4) is 0 Å². The highest BCUT2D eigenvalue weighted by atomic mass is 16.6. The fraction of sp³-hybridized carbons (Fsp3) is 0.667. The predicted molar refractivity (Wildman–Crippen MR) is 79.9 cm³/mol. The Bertz CT molecular complexity index is 491. The van der Waals surface area contributed by atoms with Gasteiger partial charge in [-0.25, -0.2) is 14.5 Å². The van der Waals surface area contributed by atoms with E-state index in [1.54, 1.807) is 52.9 Å². The van der Waals surface area contributed by atoms with Gasteiger partial charge in [0.05, 0.1) is 6.61 Å². The summed E-state index contributed by atoms with van der Waals surface area (Å²) in [6.07, 6.45) is 0.881. The molecule has 0 aromatic rings. The van der Waals surface area contributed by atoms with Crippen LogP contribution in [0.1, 0.15) is 34.1 Å². The van der Waals surface area contributed by atoms with E-state index in [2.05, 4.69) is 0 Å². The lowest BCUT2D eigenvalue weighted by molar-refractivity contribution is -0.150. The number of hydrogen-bond acceptors (Lipinski definition) is 6. The molecule has 22 heavy (non-hydrogen) atoms. The first-order valence-corrected chi connectivity index (χ1v) is 7.17. The van der Waals surface area contributed by atoms with E-state index >= 15 is 0 Å². The Balaban J connectivity index is 3.09. The number of imide groups is 1. The van der Waals surface area contributed by atoms with Crippen molar-refractivity contribution in [3.63, 3.8) is 0 Å². The number of carbonyl (C=O) groups excluding carboxylic acids is 3. The van der Waals surface area contributed by atoms with E-state index in [-0.39, 0.29) is 13.0 Å². The molecule has 0 aliphatic carbocycles. The number of rotatable bonds is 3. The van der Waals surface area contributed by atoms with Gasteiger partial charge in [-0.15, -0.1) is 0 Å². The molecule has 1 saturated heterocycles. The summed E-state index contributed by atoms with van der Waals surface area (Å²) in [7, 11) is 3.52. The quantitative estimate of drug-likeness (QED) is 0.581. The number of amides is 2. The molecular formula is C15H24N2O5. The average Bonchev–Trinajstić information content (AvgIpc) is 2.64. The minimum Gasteiger partial charge on any atom is -0.464 e. The van der Waals surface area contributed by atoms with E-state index in [0.717, 1.165) is 4.90 Å². The Morgan fingerprint density at radius 3 is 2.41 bits per heavy atom. The van der Waals surface area contributed by atoms with Gasteiger partial charge in [-0.1, -0.05) is 0 Å². The third kappa shape index (κ3) is 4.47. The van der Waals surface area contributed by atoms with Crippen LogP contribution in [-0.4, -0.2) is 60.1 Å². The van der Waals surface area contributed by atoms with E-state index in [1.165, 1.54) is 0 Å². The Morgan fingerprint density at radius 2 is 1.95 bits per heavy atom. The summed E-state index contributed by atoms with van der Waals surface area (Å²) in [5, 5.41) is 0. The van der Waals surface area contributed by atoms with Gasteiger partial charge in [-0.3, -0.25) is 4.79 Å². The second-order valence-electron chi connectivity index (χ2n) is 6.25. The molecule has 1 aliphatic heterocycles. The van der Waals surface area contributed by atoms with E-state index in [9.17, 15) is 14.4 Å². The van der Waals surface area contributed by atoms with Crippen LogP contribution in [0.3, 0.4) is 0 Å². The van der Waals surface area contributed by atoms with E-state index in [1.807, 2.05) is 0 Å². The van der Waals surface area contributed by atoms with Crippen molar-refractivity contribution >= 4 is 18.0 Å². The van der Waals surface area contributed by atoms with Gasteiger partial charge >= 0.3 is 12.1 Å². The second-order valence-corrected chi connectivity index (χ2v) is 6.25. The summed E-state index contributed by atoms with van der Waals surface area (Å²) in [6, 6.07) is -0.978. The number of likely N-dealkylation sites (tertiary alicyclic amines) is 1. The smallest absolute Gasteiger partial charge is 0.418 e. The Kier molecular flexibility index (Phi) is 5.57. The van der Waals surface area contributed by atoms with Crippen LogP contribution in [-0.2, 0) is 19.1 Å².